The lowest BCUT2D eigenvalue weighted by molar-refractivity contribution is 0.995. The number of benzene rings is 1. The van der Waals surface area contributed by atoms with Crippen LogP contribution < -0.4 is 5.73 Å². The van der Waals surface area contributed by atoms with Gasteiger partial charge in [-0.1, -0.05) is 18.2 Å². The van der Waals surface area contributed by atoms with Gasteiger partial charge < -0.3 is 10.7 Å². The van der Waals surface area contributed by atoms with Crippen LogP contribution in [0.1, 0.15) is 17.9 Å². The molecule has 0 radical (unpaired) electrons. The molecule has 0 saturated heterocycles. The Balaban J connectivity index is 2.22. The molecule has 0 amide bonds. The summed E-state index contributed by atoms with van der Waals surface area (Å²) < 4.78 is 0. The van der Waals surface area contributed by atoms with Crippen LogP contribution >= 0.6 is 0 Å². The van der Waals surface area contributed by atoms with Crippen molar-refractivity contribution >= 4 is 10.9 Å². The van der Waals surface area contributed by atoms with Crippen LogP contribution in [0.15, 0.2) is 30.5 Å². The number of H-pyrrole nitrogens is 1. The molecular formula is C11H12N2. The van der Waals surface area contributed by atoms with E-state index in [4.69, 9.17) is 5.73 Å². The minimum atomic E-state index is 0.383. The highest BCUT2D eigenvalue weighted by Crippen LogP contribution is 2.41. The summed E-state index contributed by atoms with van der Waals surface area (Å²) in [6.07, 6.45) is 3.13. The first kappa shape index (κ1) is 7.15. The van der Waals surface area contributed by atoms with Gasteiger partial charge in [0.2, 0.25) is 0 Å². The van der Waals surface area contributed by atoms with Gasteiger partial charge in [-0.3, -0.25) is 0 Å². The van der Waals surface area contributed by atoms with Crippen molar-refractivity contribution in [2.24, 2.45) is 5.73 Å². The van der Waals surface area contributed by atoms with Crippen LogP contribution in [-0.2, 0) is 0 Å². The zero-order valence-electron chi connectivity index (χ0n) is 7.33. The van der Waals surface area contributed by atoms with Crippen LogP contribution in [-0.4, -0.2) is 11.0 Å². The Kier molecular flexibility index (Phi) is 1.30. The molecule has 1 aliphatic rings. The lowest BCUT2D eigenvalue weighted by Gasteiger charge is -2.00. The van der Waals surface area contributed by atoms with Gasteiger partial charge in [0, 0.05) is 23.7 Å². The maximum atomic E-state index is 5.84. The van der Waals surface area contributed by atoms with E-state index >= 15 is 0 Å². The molecule has 2 heteroatoms. The van der Waals surface area contributed by atoms with Gasteiger partial charge in [-0.25, -0.2) is 0 Å². The van der Waals surface area contributed by atoms with E-state index in [1.54, 1.807) is 0 Å². The van der Waals surface area contributed by atoms with Gasteiger partial charge in [-0.05, 0) is 23.4 Å². The number of para-hydroxylation sites is 1. The normalized spacial score (nSPS) is 26.5. The molecule has 1 aliphatic carbocycles. The van der Waals surface area contributed by atoms with Gasteiger partial charge in [0.25, 0.3) is 0 Å². The van der Waals surface area contributed by atoms with Gasteiger partial charge >= 0.3 is 0 Å². The van der Waals surface area contributed by atoms with Crippen molar-refractivity contribution < 1.29 is 0 Å². The van der Waals surface area contributed by atoms with E-state index in [-0.39, 0.29) is 0 Å². The summed E-state index contributed by atoms with van der Waals surface area (Å²) in [4.78, 5) is 3.27. The number of hydrogen-bond acceptors (Lipinski definition) is 1. The van der Waals surface area contributed by atoms with Crippen molar-refractivity contribution in [3.63, 3.8) is 0 Å². The number of nitrogens with one attached hydrogen (secondary N) is 1. The van der Waals surface area contributed by atoms with Crippen LogP contribution in [0.3, 0.4) is 0 Å². The second kappa shape index (κ2) is 2.36. The van der Waals surface area contributed by atoms with E-state index in [0.717, 1.165) is 6.42 Å². The SMILES string of the molecule is NC1CC1c1cccc2cc[nH]c12. The smallest absolute Gasteiger partial charge is 0.0489 e. The molecule has 2 unspecified atom stereocenters. The second-order valence-electron chi connectivity index (χ2n) is 3.80. The van der Waals surface area contributed by atoms with Gasteiger partial charge in [-0.15, -0.1) is 0 Å². The van der Waals surface area contributed by atoms with Crippen molar-refractivity contribution in [1.29, 1.82) is 0 Å². The summed E-state index contributed by atoms with van der Waals surface area (Å²) in [6, 6.07) is 8.90. The summed E-state index contributed by atoms with van der Waals surface area (Å²) in [5.41, 5.74) is 8.49. The molecule has 0 spiro atoms. The predicted octanol–water partition coefficient (Wildman–Crippen LogP) is 1.98. The molecule has 1 aromatic carbocycles. The minimum absolute atomic E-state index is 0.383. The summed E-state index contributed by atoms with van der Waals surface area (Å²) in [7, 11) is 0. The molecule has 1 heterocycles. The van der Waals surface area contributed by atoms with Crippen LogP contribution in [0.25, 0.3) is 10.9 Å². The Hall–Kier alpha value is -1.28. The van der Waals surface area contributed by atoms with Crippen molar-refractivity contribution in [3.05, 3.63) is 36.0 Å². The van der Waals surface area contributed by atoms with Gasteiger partial charge in [-0.2, -0.15) is 0 Å². The van der Waals surface area contributed by atoms with E-state index in [1.807, 2.05) is 6.20 Å². The molecule has 2 nitrogen and oxygen atoms in total. The van der Waals surface area contributed by atoms with Crippen LogP contribution in [0.5, 0.6) is 0 Å². The van der Waals surface area contributed by atoms with Crippen molar-refractivity contribution in [2.75, 3.05) is 0 Å². The van der Waals surface area contributed by atoms with Crippen molar-refractivity contribution in [3.8, 4) is 0 Å². The summed E-state index contributed by atoms with van der Waals surface area (Å²) in [5, 5.41) is 1.29. The van der Waals surface area contributed by atoms with Gasteiger partial charge in [0.05, 0.1) is 0 Å². The average molecular weight is 172 g/mol. The second-order valence-corrected chi connectivity index (χ2v) is 3.80. The number of rotatable bonds is 1. The highest BCUT2D eigenvalue weighted by molar-refractivity contribution is 5.83. The molecule has 0 bridgehead atoms. The van der Waals surface area contributed by atoms with Crippen LogP contribution in [0, 0.1) is 0 Å². The molecule has 66 valence electrons. The highest BCUT2D eigenvalue weighted by Gasteiger charge is 2.35. The fourth-order valence-electron chi connectivity index (χ4n) is 1.99. The Morgan fingerprint density at radius 2 is 2.15 bits per heavy atom. The largest absolute Gasteiger partial charge is 0.361 e. The first-order valence-electron chi connectivity index (χ1n) is 4.68. The minimum Gasteiger partial charge on any atom is -0.361 e. The predicted molar refractivity (Wildman–Crippen MR) is 53.6 cm³/mol. The molecule has 3 rings (SSSR count). The van der Waals surface area contributed by atoms with E-state index in [1.165, 1.54) is 16.5 Å². The Morgan fingerprint density at radius 3 is 2.92 bits per heavy atom. The maximum Gasteiger partial charge on any atom is 0.0489 e. The van der Waals surface area contributed by atoms with E-state index in [2.05, 4.69) is 29.2 Å². The summed E-state index contributed by atoms with van der Waals surface area (Å²) in [5.74, 6) is 0.586. The Labute approximate surface area is 76.8 Å². The number of nitrogens with two attached hydrogens (primary N) is 1. The molecule has 1 saturated carbocycles. The maximum absolute atomic E-state index is 5.84. The molecule has 0 aliphatic heterocycles. The molecule has 2 aromatic rings. The molecular weight excluding hydrogens is 160 g/mol. The zero-order chi connectivity index (χ0) is 8.84. The lowest BCUT2D eigenvalue weighted by atomic mass is 10.1. The highest BCUT2D eigenvalue weighted by atomic mass is 14.8. The fourth-order valence-corrected chi connectivity index (χ4v) is 1.99. The van der Waals surface area contributed by atoms with Crippen LogP contribution in [0.4, 0.5) is 0 Å². The summed E-state index contributed by atoms with van der Waals surface area (Å²) >= 11 is 0. The number of hydrogen-bond donors (Lipinski definition) is 2. The quantitative estimate of drug-likeness (QED) is 0.678. The van der Waals surface area contributed by atoms with Crippen LogP contribution in [0.2, 0.25) is 0 Å². The Bertz CT molecular complexity index is 444. The fraction of sp³-hybridized carbons (Fsp3) is 0.273. The molecule has 1 aromatic heterocycles. The number of fused-ring (bicyclic) bond motifs is 1. The third-order valence-corrected chi connectivity index (χ3v) is 2.86. The van der Waals surface area contributed by atoms with Gasteiger partial charge in [0.15, 0.2) is 0 Å². The summed E-state index contributed by atoms with van der Waals surface area (Å²) in [6.45, 7) is 0. The molecule has 2 atom stereocenters. The van der Waals surface area contributed by atoms with E-state index in [0.29, 0.717) is 12.0 Å². The standard InChI is InChI=1S/C11H12N2/c12-10-6-9(10)8-3-1-2-7-4-5-13-11(7)8/h1-5,9-10,13H,6,12H2. The first-order valence-corrected chi connectivity index (χ1v) is 4.68. The Morgan fingerprint density at radius 1 is 1.31 bits per heavy atom. The van der Waals surface area contributed by atoms with Crippen molar-refractivity contribution in [1.82, 2.24) is 4.98 Å². The number of aromatic nitrogens is 1. The molecule has 13 heavy (non-hydrogen) atoms. The molecule has 1 fully saturated rings. The lowest BCUT2D eigenvalue weighted by Crippen LogP contribution is -2.01. The van der Waals surface area contributed by atoms with Crippen molar-refractivity contribution in [2.45, 2.75) is 18.4 Å². The third-order valence-electron chi connectivity index (χ3n) is 2.86. The zero-order valence-corrected chi connectivity index (χ0v) is 7.33. The monoisotopic (exact) mass is 172 g/mol. The molecule has 3 N–H and O–H groups in total. The number of aromatic amines is 1. The third kappa shape index (κ3) is 0.988. The van der Waals surface area contributed by atoms with E-state index < -0.39 is 0 Å². The first-order chi connectivity index (χ1) is 6.36. The topological polar surface area (TPSA) is 41.8 Å². The van der Waals surface area contributed by atoms with E-state index in [9.17, 15) is 0 Å². The van der Waals surface area contributed by atoms with Gasteiger partial charge in [0.1, 0.15) is 0 Å². The average Bonchev–Trinajstić information content (AvgIpc) is 2.66.